The Labute approximate surface area is 387 Å². The van der Waals surface area contributed by atoms with Crippen molar-refractivity contribution in [1.29, 1.82) is 0 Å². The Hall–Kier alpha value is -4.48. The second-order valence-corrected chi connectivity index (χ2v) is 16.5. The summed E-state index contributed by atoms with van der Waals surface area (Å²) in [4.78, 5) is 30.0. The number of ether oxygens (including phenoxy) is 1. The maximum absolute atomic E-state index is 13.2. The fourth-order valence-electron chi connectivity index (χ4n) is 7.66. The predicted octanol–water partition coefficient (Wildman–Crippen LogP) is 4.80. The first-order chi connectivity index (χ1) is 29.2. The fourth-order valence-corrected chi connectivity index (χ4v) is 7.66. The maximum Gasteiger partial charge on any atom is 1.00 e. The van der Waals surface area contributed by atoms with E-state index in [4.69, 9.17) is 20.2 Å². The Morgan fingerprint density at radius 1 is 0.855 bits per heavy atom. The summed E-state index contributed by atoms with van der Waals surface area (Å²) in [6, 6.07) is 13.5. The molecular formula is C45H63F2N10NaO4. The first kappa shape index (κ1) is 50.2. The van der Waals surface area contributed by atoms with Gasteiger partial charge < -0.3 is 30.8 Å². The Kier molecular flexibility index (Phi) is 18.8. The van der Waals surface area contributed by atoms with Gasteiger partial charge in [0.2, 0.25) is 5.89 Å². The molecule has 0 amide bonds. The molecule has 2 aliphatic rings. The number of carbonyl (C=O) groups is 1. The number of nitrogens with two attached hydrogens (primary N) is 1. The number of esters is 1. The minimum absolute atomic E-state index is 0. The smallest absolute Gasteiger partial charge is 1.00 e. The van der Waals surface area contributed by atoms with Gasteiger partial charge in [-0.05, 0) is 108 Å². The summed E-state index contributed by atoms with van der Waals surface area (Å²) in [7, 11) is 1.45. The van der Waals surface area contributed by atoms with E-state index in [1.54, 1.807) is 0 Å². The molecule has 2 fully saturated rings. The molecule has 5 heterocycles. The van der Waals surface area contributed by atoms with Crippen molar-refractivity contribution < 1.29 is 59.0 Å². The monoisotopic (exact) mass is 868 g/mol. The molecule has 62 heavy (non-hydrogen) atoms. The standard InChI is InChI=1S/C22H28FN5O.C20H26FN3O2.C3H8N2O.Na.H/c1-4-20-25-21(29-26-20)22(3)9-11-27(12-10-22)14-19-13-24-15-28(19)16(2)17-5-7-18(23)8-6-17;1-15(16-4-6-17(21)7-5-16)24-14-22-12-18(24)13-23-10-8-20(2,9-11-23)19(25)26-3;1-2-3(4)5-6;;/h5-8,13,15-16H,4,9-12,14H2,1-3H3;4-7,12,14-15H,8-11,13H2,1-3H3;6H,2H2,1H3,(H2,4,5);;/q;;;+1;-1/t16-;15-;;;/m11.../s1. The number of methoxy groups -OCH3 is 1. The van der Waals surface area contributed by atoms with Gasteiger partial charge in [0.05, 0.1) is 48.7 Å². The molecule has 17 heteroatoms. The number of rotatable bonds is 12. The van der Waals surface area contributed by atoms with Gasteiger partial charge in [-0.15, -0.1) is 0 Å². The van der Waals surface area contributed by atoms with E-state index in [0.717, 1.165) is 106 Å². The average molecular weight is 869 g/mol. The van der Waals surface area contributed by atoms with Crippen LogP contribution in [0.4, 0.5) is 8.78 Å². The number of halogens is 2. The van der Waals surface area contributed by atoms with Crippen molar-refractivity contribution in [1.82, 2.24) is 39.0 Å². The summed E-state index contributed by atoms with van der Waals surface area (Å²) in [5.74, 6) is 1.26. The summed E-state index contributed by atoms with van der Waals surface area (Å²) in [6.07, 6.45) is 12.5. The molecular weight excluding hydrogens is 806 g/mol. The Bertz CT molecular complexity index is 2150. The number of carbonyl (C=O) groups excluding carboxylic acids is 1. The van der Waals surface area contributed by atoms with Crippen LogP contribution in [0.25, 0.3) is 0 Å². The Balaban J connectivity index is 0.000000290. The van der Waals surface area contributed by atoms with Crippen LogP contribution in [0.1, 0.15) is 121 Å². The van der Waals surface area contributed by atoms with E-state index in [2.05, 4.69) is 65.0 Å². The molecule has 0 spiro atoms. The predicted molar refractivity (Wildman–Crippen MR) is 230 cm³/mol. The topological polar surface area (TPSA) is 166 Å². The van der Waals surface area contributed by atoms with Crippen LogP contribution in [0.2, 0.25) is 0 Å². The SMILES string of the molecule is CC/C(N)=N\O.CCc1noc(C2(C)CCN(Cc3cncn3[C@H](C)c3ccc(F)cc3)CC2)n1.COC(=O)C1(C)CCN(Cc2cncn2[C@H](C)c2ccc(F)cc2)CC1.[H-].[Na+]. The van der Waals surface area contributed by atoms with Crippen LogP contribution >= 0.6 is 0 Å². The number of likely N-dealkylation sites (tertiary alicyclic amines) is 2. The van der Waals surface area contributed by atoms with Gasteiger partial charge in [-0.1, -0.05) is 55.3 Å². The van der Waals surface area contributed by atoms with Gasteiger partial charge >= 0.3 is 35.5 Å². The molecule has 7 rings (SSSR count). The van der Waals surface area contributed by atoms with Gasteiger partial charge in [0, 0.05) is 43.7 Å². The van der Waals surface area contributed by atoms with Crippen molar-refractivity contribution in [3.63, 3.8) is 0 Å². The molecule has 0 aliphatic carbocycles. The molecule has 0 radical (unpaired) electrons. The van der Waals surface area contributed by atoms with Gasteiger partial charge in [-0.25, -0.2) is 18.7 Å². The number of hydrogen-bond acceptors (Lipinski definition) is 11. The average Bonchev–Trinajstić information content (AvgIpc) is 4.08. The van der Waals surface area contributed by atoms with Gasteiger partial charge in [0.25, 0.3) is 0 Å². The summed E-state index contributed by atoms with van der Waals surface area (Å²) in [5, 5.41) is 14.6. The van der Waals surface area contributed by atoms with Crippen molar-refractivity contribution in [3.05, 3.63) is 119 Å². The zero-order valence-electron chi connectivity index (χ0n) is 38.6. The van der Waals surface area contributed by atoms with E-state index in [1.165, 1.54) is 31.4 Å². The van der Waals surface area contributed by atoms with Gasteiger partial charge in [-0.3, -0.25) is 14.6 Å². The number of oxime groups is 1. The number of imidazole rings is 2. The third-order valence-corrected chi connectivity index (χ3v) is 12.2. The third kappa shape index (κ3) is 13.0. The van der Waals surface area contributed by atoms with Crippen molar-refractivity contribution in [2.24, 2.45) is 16.3 Å². The third-order valence-electron chi connectivity index (χ3n) is 12.2. The molecule has 3 aromatic heterocycles. The van der Waals surface area contributed by atoms with E-state index in [1.807, 2.05) is 70.1 Å². The molecule has 0 bridgehead atoms. The molecule has 3 N–H and O–H groups in total. The molecule has 2 aliphatic heterocycles. The summed E-state index contributed by atoms with van der Waals surface area (Å²) in [5.41, 5.74) is 8.92. The molecule has 2 saturated heterocycles. The van der Waals surface area contributed by atoms with Gasteiger partial charge in [0.1, 0.15) is 17.5 Å². The minimum atomic E-state index is -0.382. The van der Waals surface area contributed by atoms with Crippen LogP contribution in [0, 0.1) is 17.0 Å². The van der Waals surface area contributed by atoms with Gasteiger partial charge in [-0.2, -0.15) is 4.98 Å². The van der Waals surface area contributed by atoms with E-state index in [9.17, 15) is 13.6 Å². The number of aryl methyl sites for hydroxylation is 1. The van der Waals surface area contributed by atoms with Crippen LogP contribution in [-0.4, -0.2) is 89.3 Å². The van der Waals surface area contributed by atoms with E-state index in [-0.39, 0.29) is 77.3 Å². The number of hydrogen-bond donors (Lipinski definition) is 2. The van der Waals surface area contributed by atoms with Crippen LogP contribution in [0.15, 0.2) is 83.3 Å². The van der Waals surface area contributed by atoms with Crippen LogP contribution < -0.4 is 35.3 Å². The molecule has 14 nitrogen and oxygen atoms in total. The number of nitrogens with zero attached hydrogens (tertiary/aromatic N) is 9. The summed E-state index contributed by atoms with van der Waals surface area (Å²) in [6.45, 7) is 17.5. The van der Waals surface area contributed by atoms with Gasteiger partial charge in [0.15, 0.2) is 5.82 Å². The van der Waals surface area contributed by atoms with Crippen LogP contribution in [-0.2, 0) is 34.5 Å². The Morgan fingerprint density at radius 3 is 1.68 bits per heavy atom. The van der Waals surface area contributed by atoms with E-state index < -0.39 is 0 Å². The zero-order valence-corrected chi connectivity index (χ0v) is 39.6. The van der Waals surface area contributed by atoms with E-state index >= 15 is 0 Å². The molecule has 0 unspecified atom stereocenters. The first-order valence-electron chi connectivity index (χ1n) is 21.1. The molecule has 5 aromatic rings. The van der Waals surface area contributed by atoms with Crippen LogP contribution in [0.5, 0.6) is 0 Å². The second kappa shape index (κ2) is 23.3. The Morgan fingerprint density at radius 2 is 1.31 bits per heavy atom. The number of aromatic nitrogens is 6. The number of piperidine rings is 2. The summed E-state index contributed by atoms with van der Waals surface area (Å²) >= 11 is 0. The fraction of sp³-hybridized carbons (Fsp3) is 0.511. The second-order valence-electron chi connectivity index (χ2n) is 16.5. The largest absolute Gasteiger partial charge is 1.00 e. The van der Waals surface area contributed by atoms with Crippen molar-refractivity contribution in [2.45, 2.75) is 111 Å². The molecule has 0 saturated carbocycles. The molecule has 2 aromatic carbocycles. The van der Waals surface area contributed by atoms with Crippen molar-refractivity contribution >= 4 is 11.8 Å². The molecule has 2 atom stereocenters. The summed E-state index contributed by atoms with van der Waals surface area (Å²) < 4.78 is 41.2. The zero-order chi connectivity index (χ0) is 44.2. The normalized spacial score (nSPS) is 17.3. The molecule has 332 valence electrons. The van der Waals surface area contributed by atoms with Crippen LogP contribution in [0.3, 0.4) is 0 Å². The quantitative estimate of drug-likeness (QED) is 0.0442. The minimum Gasteiger partial charge on any atom is -1.00 e. The maximum atomic E-state index is 13.2. The van der Waals surface area contributed by atoms with E-state index in [0.29, 0.717) is 6.42 Å². The number of amidine groups is 1. The van der Waals surface area contributed by atoms with Crippen molar-refractivity contribution in [3.8, 4) is 0 Å². The van der Waals surface area contributed by atoms with Crippen molar-refractivity contribution in [2.75, 3.05) is 33.3 Å². The number of benzene rings is 2. The first-order valence-corrected chi connectivity index (χ1v) is 21.1.